The predicted octanol–water partition coefficient (Wildman–Crippen LogP) is 2.32. The lowest BCUT2D eigenvalue weighted by Gasteiger charge is -2.32. The van der Waals surface area contributed by atoms with E-state index in [2.05, 4.69) is 6.07 Å². The lowest BCUT2D eigenvalue weighted by Crippen LogP contribution is -2.41. The van der Waals surface area contributed by atoms with E-state index in [9.17, 15) is 10.4 Å². The lowest BCUT2D eigenvalue weighted by atomic mass is 9.78. The molecule has 0 spiro atoms. The van der Waals surface area contributed by atoms with E-state index in [1.54, 1.807) is 0 Å². The van der Waals surface area contributed by atoms with Crippen LogP contribution < -0.4 is 5.46 Å². The van der Waals surface area contributed by atoms with Gasteiger partial charge in [-0.1, -0.05) is 24.3 Å². The van der Waals surface area contributed by atoms with E-state index in [1.807, 2.05) is 52.0 Å². The Labute approximate surface area is 132 Å². The van der Waals surface area contributed by atoms with Crippen molar-refractivity contribution in [3.63, 3.8) is 0 Å². The highest BCUT2D eigenvalue weighted by Crippen LogP contribution is 2.54. The molecule has 2 fully saturated rings. The van der Waals surface area contributed by atoms with Crippen LogP contribution in [0.25, 0.3) is 0 Å². The monoisotopic (exact) mass is 299 g/mol. The molecule has 4 nitrogen and oxygen atoms in total. The highest BCUT2D eigenvalue weighted by molar-refractivity contribution is 6.62. The molecule has 1 saturated heterocycles. The Morgan fingerprint density at radius 3 is 2.00 bits per heavy atom. The molecule has 1 aromatic rings. The maximum absolute atomic E-state index is 10.3. The molecule has 1 unspecified atom stereocenters. The summed E-state index contributed by atoms with van der Waals surface area (Å²) in [5, 5.41) is 19.5. The van der Waals surface area contributed by atoms with Gasteiger partial charge in [-0.25, -0.2) is 0 Å². The van der Waals surface area contributed by atoms with Crippen molar-refractivity contribution in [2.75, 3.05) is 0 Å². The summed E-state index contributed by atoms with van der Waals surface area (Å²) in [4.78, 5) is 0. The van der Waals surface area contributed by atoms with E-state index in [0.717, 1.165) is 23.9 Å². The molecule has 22 heavy (non-hydrogen) atoms. The Kier molecular flexibility index (Phi) is 3.41. The van der Waals surface area contributed by atoms with Crippen LogP contribution in [0.5, 0.6) is 0 Å². The molecule has 1 aliphatic heterocycles. The van der Waals surface area contributed by atoms with Gasteiger partial charge in [0.1, 0.15) is 0 Å². The fraction of sp³-hybridized carbons (Fsp3) is 0.588. The van der Waals surface area contributed by atoms with E-state index in [0.29, 0.717) is 0 Å². The second-order valence-electron chi connectivity index (χ2n) is 7.43. The van der Waals surface area contributed by atoms with Crippen molar-refractivity contribution in [3.8, 4) is 6.07 Å². The van der Waals surface area contributed by atoms with Gasteiger partial charge < -0.3 is 14.4 Å². The highest BCUT2D eigenvalue weighted by atomic mass is 16.7. The standard InChI is InChI=1S/C17H22BNO3/c1-15(2)16(3,4)22-18(21-15)13-7-5-12(6-8-13)14(20)17(11-19)9-10-17/h5-8,14,20H,9-10H2,1-4H3. The summed E-state index contributed by atoms with van der Waals surface area (Å²) in [7, 11) is -0.401. The smallest absolute Gasteiger partial charge is 0.399 e. The van der Waals surface area contributed by atoms with Crippen LogP contribution in [0.1, 0.15) is 52.2 Å². The zero-order valence-corrected chi connectivity index (χ0v) is 13.6. The van der Waals surface area contributed by atoms with Crippen LogP contribution in [-0.4, -0.2) is 23.4 Å². The minimum Gasteiger partial charge on any atom is -0.399 e. The first kappa shape index (κ1) is 15.5. The second-order valence-corrected chi connectivity index (χ2v) is 7.43. The van der Waals surface area contributed by atoms with Crippen LogP contribution in [0.3, 0.4) is 0 Å². The van der Waals surface area contributed by atoms with E-state index in [1.165, 1.54) is 0 Å². The number of rotatable bonds is 3. The summed E-state index contributed by atoms with van der Waals surface area (Å²) in [6.07, 6.45) is 0.817. The third-order valence-electron chi connectivity index (χ3n) is 5.31. The molecule has 2 aliphatic rings. The van der Waals surface area contributed by atoms with Crippen LogP contribution in [0.4, 0.5) is 0 Å². The topological polar surface area (TPSA) is 62.5 Å². The van der Waals surface area contributed by atoms with Gasteiger partial charge in [0.05, 0.1) is 28.8 Å². The van der Waals surface area contributed by atoms with Crippen molar-refractivity contribution < 1.29 is 14.4 Å². The zero-order chi connectivity index (χ0) is 16.2. The molecular formula is C17H22BNO3. The van der Waals surface area contributed by atoms with Crippen molar-refractivity contribution in [3.05, 3.63) is 29.8 Å². The molecule has 0 aromatic heterocycles. The quantitative estimate of drug-likeness (QED) is 0.870. The van der Waals surface area contributed by atoms with Crippen LogP contribution in [-0.2, 0) is 9.31 Å². The summed E-state index contributed by atoms with van der Waals surface area (Å²) in [5.41, 5.74) is 0.394. The van der Waals surface area contributed by atoms with Gasteiger partial charge in [0, 0.05) is 0 Å². The number of hydrogen-bond acceptors (Lipinski definition) is 4. The number of hydrogen-bond donors (Lipinski definition) is 1. The SMILES string of the molecule is CC1(C)OB(c2ccc(C(O)C3(C#N)CC3)cc2)OC1(C)C. The molecular weight excluding hydrogens is 277 g/mol. The Bertz CT molecular complexity index is 598. The van der Waals surface area contributed by atoms with Gasteiger partial charge in [-0.05, 0) is 51.6 Å². The molecule has 5 heteroatoms. The summed E-state index contributed by atoms with van der Waals surface area (Å²) in [5.74, 6) is 0. The summed E-state index contributed by atoms with van der Waals surface area (Å²) in [6, 6.07) is 9.79. The Hall–Kier alpha value is -1.35. The second kappa shape index (κ2) is 4.82. The van der Waals surface area contributed by atoms with Crippen LogP contribution in [0.15, 0.2) is 24.3 Å². The summed E-state index contributed by atoms with van der Waals surface area (Å²) >= 11 is 0. The van der Waals surface area contributed by atoms with Crippen molar-refractivity contribution in [2.45, 2.75) is 57.8 Å². The van der Waals surface area contributed by atoms with E-state index < -0.39 is 18.6 Å². The molecule has 1 N–H and O–H groups in total. The summed E-state index contributed by atoms with van der Waals surface area (Å²) < 4.78 is 12.0. The van der Waals surface area contributed by atoms with Gasteiger partial charge in [0.15, 0.2) is 0 Å². The largest absolute Gasteiger partial charge is 0.494 e. The number of aliphatic hydroxyl groups excluding tert-OH is 1. The Morgan fingerprint density at radius 2 is 1.59 bits per heavy atom. The first-order valence-corrected chi connectivity index (χ1v) is 7.76. The van der Waals surface area contributed by atoms with E-state index in [4.69, 9.17) is 9.31 Å². The molecule has 116 valence electrons. The van der Waals surface area contributed by atoms with Gasteiger partial charge in [-0.2, -0.15) is 5.26 Å². The van der Waals surface area contributed by atoms with Crippen molar-refractivity contribution in [1.82, 2.24) is 0 Å². The number of aliphatic hydroxyl groups is 1. The number of nitriles is 1. The minimum atomic E-state index is -0.718. The van der Waals surface area contributed by atoms with E-state index in [-0.39, 0.29) is 11.2 Å². The van der Waals surface area contributed by atoms with Gasteiger partial charge in [0.25, 0.3) is 0 Å². The van der Waals surface area contributed by atoms with Crippen LogP contribution in [0.2, 0.25) is 0 Å². The van der Waals surface area contributed by atoms with Gasteiger partial charge in [-0.3, -0.25) is 0 Å². The van der Waals surface area contributed by atoms with Crippen molar-refractivity contribution in [1.29, 1.82) is 5.26 Å². The maximum Gasteiger partial charge on any atom is 0.494 e. The molecule has 1 aliphatic carbocycles. The number of nitrogens with zero attached hydrogens (tertiary/aromatic N) is 1. The van der Waals surface area contributed by atoms with Gasteiger partial charge in [0.2, 0.25) is 0 Å². The average Bonchev–Trinajstić information content (AvgIpc) is 3.22. The van der Waals surface area contributed by atoms with Crippen molar-refractivity contribution in [2.24, 2.45) is 5.41 Å². The van der Waals surface area contributed by atoms with E-state index >= 15 is 0 Å². The first-order valence-electron chi connectivity index (χ1n) is 7.76. The molecule has 0 amide bonds. The van der Waals surface area contributed by atoms with Crippen LogP contribution >= 0.6 is 0 Å². The van der Waals surface area contributed by atoms with Gasteiger partial charge in [-0.15, -0.1) is 0 Å². The molecule has 1 heterocycles. The third-order valence-corrected chi connectivity index (χ3v) is 5.31. The summed E-state index contributed by atoms with van der Waals surface area (Å²) in [6.45, 7) is 8.09. The molecule has 0 radical (unpaired) electrons. The third kappa shape index (κ3) is 2.36. The molecule has 3 rings (SSSR count). The highest BCUT2D eigenvalue weighted by Gasteiger charge is 2.52. The molecule has 1 saturated carbocycles. The number of benzene rings is 1. The lowest BCUT2D eigenvalue weighted by molar-refractivity contribution is 0.00578. The maximum atomic E-state index is 10.3. The Balaban J connectivity index is 1.77. The fourth-order valence-corrected chi connectivity index (χ4v) is 2.71. The first-order chi connectivity index (χ1) is 10.2. The minimum absolute atomic E-state index is 0.366. The normalized spacial score (nSPS) is 25.5. The van der Waals surface area contributed by atoms with Gasteiger partial charge >= 0.3 is 7.12 Å². The van der Waals surface area contributed by atoms with Crippen LogP contribution in [0, 0.1) is 16.7 Å². The Morgan fingerprint density at radius 1 is 1.09 bits per heavy atom. The fourth-order valence-electron chi connectivity index (χ4n) is 2.71. The molecule has 1 atom stereocenters. The molecule has 0 bridgehead atoms. The average molecular weight is 299 g/mol. The molecule has 1 aromatic carbocycles. The predicted molar refractivity (Wildman–Crippen MR) is 84.4 cm³/mol. The zero-order valence-electron chi connectivity index (χ0n) is 13.6. The van der Waals surface area contributed by atoms with Crippen molar-refractivity contribution >= 4 is 12.6 Å².